The van der Waals surface area contributed by atoms with Gasteiger partial charge in [0, 0.05) is 30.6 Å². The van der Waals surface area contributed by atoms with Crippen molar-refractivity contribution in [2.75, 3.05) is 31.2 Å². The van der Waals surface area contributed by atoms with Crippen LogP contribution in [0.5, 0.6) is 0 Å². The van der Waals surface area contributed by atoms with E-state index in [0.717, 1.165) is 25.5 Å². The SMILES string of the molecule is CCNC(=NCCNc1ncccc1C(F)(F)F)NC1CCC(SC)C1. The Morgan fingerprint density at radius 2 is 2.19 bits per heavy atom. The number of thioether (sulfide) groups is 1. The topological polar surface area (TPSA) is 61.3 Å². The first-order valence-corrected chi connectivity index (χ1v) is 10.1. The van der Waals surface area contributed by atoms with Crippen molar-refractivity contribution in [2.45, 2.75) is 43.7 Å². The number of hydrogen-bond acceptors (Lipinski definition) is 4. The molecule has 0 aromatic carbocycles. The molecule has 26 heavy (non-hydrogen) atoms. The van der Waals surface area contributed by atoms with Crippen molar-refractivity contribution in [1.82, 2.24) is 15.6 Å². The van der Waals surface area contributed by atoms with Crippen molar-refractivity contribution in [2.24, 2.45) is 4.99 Å². The van der Waals surface area contributed by atoms with Gasteiger partial charge in [0.2, 0.25) is 0 Å². The van der Waals surface area contributed by atoms with Crippen LogP contribution in [0.4, 0.5) is 19.0 Å². The Hall–Kier alpha value is -1.64. The molecule has 1 aliphatic carbocycles. The summed E-state index contributed by atoms with van der Waals surface area (Å²) in [5.41, 5.74) is -0.761. The van der Waals surface area contributed by atoms with Gasteiger partial charge in [0.1, 0.15) is 5.82 Å². The van der Waals surface area contributed by atoms with Gasteiger partial charge in [-0.15, -0.1) is 0 Å². The van der Waals surface area contributed by atoms with Crippen LogP contribution >= 0.6 is 11.8 Å². The highest BCUT2D eigenvalue weighted by molar-refractivity contribution is 7.99. The van der Waals surface area contributed by atoms with Crippen LogP contribution in [0, 0.1) is 0 Å². The molecule has 0 amide bonds. The monoisotopic (exact) mass is 389 g/mol. The maximum absolute atomic E-state index is 12.9. The molecule has 0 bridgehead atoms. The van der Waals surface area contributed by atoms with Crippen LogP contribution in [0.25, 0.3) is 0 Å². The predicted molar refractivity (Wildman–Crippen MR) is 102 cm³/mol. The zero-order chi connectivity index (χ0) is 19.0. The molecule has 5 nitrogen and oxygen atoms in total. The summed E-state index contributed by atoms with van der Waals surface area (Å²) >= 11 is 1.89. The Bertz CT molecular complexity index is 594. The van der Waals surface area contributed by atoms with E-state index in [4.69, 9.17) is 0 Å². The van der Waals surface area contributed by atoms with Crippen molar-refractivity contribution in [1.29, 1.82) is 0 Å². The zero-order valence-corrected chi connectivity index (χ0v) is 15.9. The molecule has 1 saturated carbocycles. The first kappa shape index (κ1) is 20.7. The fraction of sp³-hybridized carbons (Fsp3) is 0.647. The van der Waals surface area contributed by atoms with Gasteiger partial charge in [-0.3, -0.25) is 4.99 Å². The van der Waals surface area contributed by atoms with E-state index in [1.54, 1.807) is 0 Å². The molecule has 2 atom stereocenters. The molecule has 1 aliphatic rings. The van der Waals surface area contributed by atoms with E-state index in [1.165, 1.54) is 18.7 Å². The van der Waals surface area contributed by atoms with Crippen LogP contribution in [0.2, 0.25) is 0 Å². The Labute approximate surface area is 156 Å². The number of alkyl halides is 3. The first-order chi connectivity index (χ1) is 12.4. The van der Waals surface area contributed by atoms with Crippen molar-refractivity contribution in [3.8, 4) is 0 Å². The molecule has 2 rings (SSSR count). The van der Waals surface area contributed by atoms with Crippen LogP contribution in [0.3, 0.4) is 0 Å². The Balaban J connectivity index is 1.87. The van der Waals surface area contributed by atoms with E-state index in [0.29, 0.717) is 23.8 Å². The number of guanidine groups is 1. The maximum Gasteiger partial charge on any atom is 0.419 e. The third kappa shape index (κ3) is 6.26. The summed E-state index contributed by atoms with van der Waals surface area (Å²) in [7, 11) is 0. The highest BCUT2D eigenvalue weighted by Crippen LogP contribution is 2.33. The van der Waals surface area contributed by atoms with Gasteiger partial charge in [-0.1, -0.05) is 0 Å². The molecule has 0 aliphatic heterocycles. The quantitative estimate of drug-likeness (QED) is 0.379. The standard InChI is InChI=1S/C17H26F3N5S/c1-3-21-16(25-12-6-7-13(11-12)26-2)24-10-9-23-15-14(17(18,19)20)5-4-8-22-15/h4-5,8,12-13H,3,6-7,9-11H2,1-2H3,(H,22,23)(H2,21,24,25). The predicted octanol–water partition coefficient (Wildman–Crippen LogP) is 3.35. The molecule has 0 radical (unpaired) electrons. The van der Waals surface area contributed by atoms with E-state index in [9.17, 15) is 13.2 Å². The molecule has 0 spiro atoms. The van der Waals surface area contributed by atoms with Crippen molar-refractivity contribution in [3.05, 3.63) is 23.9 Å². The van der Waals surface area contributed by atoms with Crippen molar-refractivity contribution < 1.29 is 13.2 Å². The Morgan fingerprint density at radius 1 is 1.38 bits per heavy atom. The van der Waals surface area contributed by atoms with Crippen LogP contribution < -0.4 is 16.0 Å². The molecule has 3 N–H and O–H groups in total. The van der Waals surface area contributed by atoms with E-state index >= 15 is 0 Å². The highest BCUT2D eigenvalue weighted by atomic mass is 32.2. The molecule has 1 aromatic heterocycles. The number of nitrogens with one attached hydrogen (secondary N) is 3. The molecule has 146 valence electrons. The van der Waals surface area contributed by atoms with Gasteiger partial charge in [0.15, 0.2) is 5.96 Å². The fourth-order valence-corrected chi connectivity index (χ4v) is 3.71. The first-order valence-electron chi connectivity index (χ1n) is 8.77. The van der Waals surface area contributed by atoms with E-state index < -0.39 is 11.7 Å². The van der Waals surface area contributed by atoms with Gasteiger partial charge >= 0.3 is 6.18 Å². The molecular weight excluding hydrogens is 363 g/mol. The number of hydrogen-bond donors (Lipinski definition) is 3. The van der Waals surface area contributed by atoms with Gasteiger partial charge in [-0.2, -0.15) is 24.9 Å². The third-order valence-electron chi connectivity index (χ3n) is 4.19. The second-order valence-electron chi connectivity index (χ2n) is 6.10. The lowest BCUT2D eigenvalue weighted by Gasteiger charge is -2.17. The smallest absolute Gasteiger partial charge is 0.368 e. The zero-order valence-electron chi connectivity index (χ0n) is 15.1. The summed E-state index contributed by atoms with van der Waals surface area (Å²) in [5, 5.41) is 10.0. The Morgan fingerprint density at radius 3 is 2.85 bits per heavy atom. The lowest BCUT2D eigenvalue weighted by molar-refractivity contribution is -0.137. The summed E-state index contributed by atoms with van der Waals surface area (Å²) in [5.74, 6) is 0.546. The second-order valence-corrected chi connectivity index (χ2v) is 7.23. The molecule has 2 unspecified atom stereocenters. The van der Waals surface area contributed by atoms with Gasteiger partial charge in [-0.25, -0.2) is 4.98 Å². The summed E-state index contributed by atoms with van der Waals surface area (Å²) in [4.78, 5) is 8.24. The van der Waals surface area contributed by atoms with Crippen molar-refractivity contribution in [3.63, 3.8) is 0 Å². The molecule has 9 heteroatoms. The molecule has 1 fully saturated rings. The largest absolute Gasteiger partial charge is 0.419 e. The number of aromatic nitrogens is 1. The van der Waals surface area contributed by atoms with Crippen LogP contribution in [0.15, 0.2) is 23.3 Å². The lowest BCUT2D eigenvalue weighted by Crippen LogP contribution is -2.42. The number of pyridine rings is 1. The highest BCUT2D eigenvalue weighted by Gasteiger charge is 2.33. The van der Waals surface area contributed by atoms with E-state index in [2.05, 4.69) is 32.2 Å². The minimum atomic E-state index is -4.42. The van der Waals surface area contributed by atoms with Gasteiger partial charge in [0.25, 0.3) is 0 Å². The minimum absolute atomic E-state index is 0.160. The minimum Gasteiger partial charge on any atom is -0.368 e. The van der Waals surface area contributed by atoms with Gasteiger partial charge in [-0.05, 0) is 44.6 Å². The molecular formula is C17H26F3N5S. The fourth-order valence-electron chi connectivity index (χ4n) is 2.92. The molecule has 1 heterocycles. The number of anilines is 1. The molecule has 0 saturated heterocycles. The maximum atomic E-state index is 12.9. The van der Waals surface area contributed by atoms with E-state index in [1.807, 2.05) is 18.7 Å². The van der Waals surface area contributed by atoms with Crippen molar-refractivity contribution >= 4 is 23.5 Å². The third-order valence-corrected chi connectivity index (χ3v) is 5.29. The average Bonchev–Trinajstić information content (AvgIpc) is 3.06. The second kappa shape index (κ2) is 9.89. The summed E-state index contributed by atoms with van der Waals surface area (Å²) < 4.78 is 38.8. The van der Waals surface area contributed by atoms with Crippen LogP contribution in [0.1, 0.15) is 31.7 Å². The Kier molecular flexibility index (Phi) is 7.86. The normalized spacial score (nSPS) is 20.9. The van der Waals surface area contributed by atoms with Crippen LogP contribution in [-0.2, 0) is 6.18 Å². The number of aliphatic imine (C=N–C) groups is 1. The van der Waals surface area contributed by atoms with Gasteiger partial charge in [0.05, 0.1) is 12.1 Å². The summed E-state index contributed by atoms with van der Waals surface area (Å²) in [6, 6.07) is 2.70. The number of rotatable bonds is 7. The van der Waals surface area contributed by atoms with Crippen LogP contribution in [-0.4, -0.2) is 48.1 Å². The van der Waals surface area contributed by atoms with E-state index in [-0.39, 0.29) is 12.4 Å². The molecule has 1 aromatic rings. The lowest BCUT2D eigenvalue weighted by atomic mass is 10.2. The average molecular weight is 389 g/mol. The summed E-state index contributed by atoms with van der Waals surface area (Å²) in [6.45, 7) is 3.34. The summed E-state index contributed by atoms with van der Waals surface area (Å²) in [6.07, 6.45) is 2.45. The number of halogens is 3. The van der Waals surface area contributed by atoms with Gasteiger partial charge < -0.3 is 16.0 Å². The number of nitrogens with zero attached hydrogens (tertiary/aromatic N) is 2.